The van der Waals surface area contributed by atoms with Crippen LogP contribution >= 0.6 is 0 Å². The van der Waals surface area contributed by atoms with Gasteiger partial charge in [0.2, 0.25) is 0 Å². The molecule has 26 heavy (non-hydrogen) atoms. The molecular weight excluding hydrogens is 334 g/mol. The monoisotopic (exact) mass is 357 g/mol. The van der Waals surface area contributed by atoms with Crippen molar-refractivity contribution in [1.82, 2.24) is 4.90 Å². The molecule has 0 radical (unpaired) electrons. The molecule has 2 N–H and O–H groups in total. The highest BCUT2D eigenvalue weighted by Gasteiger charge is 2.30. The van der Waals surface area contributed by atoms with Gasteiger partial charge >= 0.3 is 11.9 Å². The SMILES string of the molecule is CN1CCC(Oc2ccccc2)C(c2ccccc2)C1.O=C(O)C(=O)O. The number of carbonyl (C=O) groups is 2. The lowest BCUT2D eigenvalue weighted by molar-refractivity contribution is -0.159. The van der Waals surface area contributed by atoms with Crippen molar-refractivity contribution in [3.63, 3.8) is 0 Å². The first-order valence-corrected chi connectivity index (χ1v) is 8.38. The fourth-order valence-corrected chi connectivity index (χ4v) is 2.93. The smallest absolute Gasteiger partial charge is 0.414 e. The fourth-order valence-electron chi connectivity index (χ4n) is 2.93. The molecular formula is C20H23NO5. The summed E-state index contributed by atoms with van der Waals surface area (Å²) in [6, 6.07) is 20.9. The van der Waals surface area contributed by atoms with Crippen LogP contribution in [0.2, 0.25) is 0 Å². The molecule has 0 amide bonds. The molecule has 2 unspecified atom stereocenters. The van der Waals surface area contributed by atoms with Crippen molar-refractivity contribution in [1.29, 1.82) is 0 Å². The van der Waals surface area contributed by atoms with Crippen LogP contribution in [0, 0.1) is 0 Å². The molecule has 0 saturated carbocycles. The van der Waals surface area contributed by atoms with Crippen LogP contribution in [0.5, 0.6) is 5.75 Å². The third kappa shape index (κ3) is 5.89. The number of carboxylic acids is 2. The molecule has 138 valence electrons. The van der Waals surface area contributed by atoms with E-state index in [-0.39, 0.29) is 6.10 Å². The van der Waals surface area contributed by atoms with Crippen LogP contribution in [0.15, 0.2) is 60.7 Å². The number of likely N-dealkylation sites (tertiary alicyclic amines) is 1. The molecule has 1 aliphatic heterocycles. The molecule has 0 aromatic heterocycles. The van der Waals surface area contributed by atoms with Crippen LogP contribution in [0.4, 0.5) is 0 Å². The van der Waals surface area contributed by atoms with Crippen LogP contribution < -0.4 is 4.74 Å². The number of rotatable bonds is 3. The predicted molar refractivity (Wildman–Crippen MR) is 97.4 cm³/mol. The number of piperidine rings is 1. The average Bonchev–Trinajstić information content (AvgIpc) is 2.65. The van der Waals surface area contributed by atoms with E-state index in [4.69, 9.17) is 24.5 Å². The Morgan fingerprint density at radius 2 is 1.50 bits per heavy atom. The zero-order valence-corrected chi connectivity index (χ0v) is 14.6. The number of para-hydroxylation sites is 1. The van der Waals surface area contributed by atoms with E-state index in [9.17, 15) is 0 Å². The summed E-state index contributed by atoms with van der Waals surface area (Å²) in [4.78, 5) is 20.6. The lowest BCUT2D eigenvalue weighted by Crippen LogP contribution is -2.42. The zero-order valence-electron chi connectivity index (χ0n) is 14.6. The minimum Gasteiger partial charge on any atom is -0.490 e. The Morgan fingerprint density at radius 1 is 0.962 bits per heavy atom. The Labute approximate surface area is 152 Å². The molecule has 6 nitrogen and oxygen atoms in total. The second-order valence-corrected chi connectivity index (χ2v) is 6.15. The summed E-state index contributed by atoms with van der Waals surface area (Å²) in [6.45, 7) is 2.16. The van der Waals surface area contributed by atoms with Gasteiger partial charge in [0, 0.05) is 19.0 Å². The number of ether oxygens (including phenoxy) is 1. The molecule has 1 saturated heterocycles. The van der Waals surface area contributed by atoms with Crippen molar-refractivity contribution in [2.75, 3.05) is 20.1 Å². The molecule has 0 spiro atoms. The fraction of sp³-hybridized carbons (Fsp3) is 0.300. The summed E-state index contributed by atoms with van der Waals surface area (Å²) < 4.78 is 6.24. The maximum atomic E-state index is 9.10. The molecule has 3 rings (SSSR count). The number of likely N-dealkylation sites (N-methyl/N-ethyl adjacent to an activating group) is 1. The molecule has 0 bridgehead atoms. The van der Waals surface area contributed by atoms with Crippen molar-refractivity contribution in [3.8, 4) is 5.75 Å². The van der Waals surface area contributed by atoms with E-state index >= 15 is 0 Å². The number of benzene rings is 2. The van der Waals surface area contributed by atoms with Gasteiger partial charge in [0.25, 0.3) is 0 Å². The topological polar surface area (TPSA) is 87.1 Å². The van der Waals surface area contributed by atoms with E-state index in [1.807, 2.05) is 30.3 Å². The van der Waals surface area contributed by atoms with Gasteiger partial charge in [0.1, 0.15) is 11.9 Å². The van der Waals surface area contributed by atoms with Gasteiger partial charge in [-0.25, -0.2) is 9.59 Å². The van der Waals surface area contributed by atoms with E-state index in [1.54, 1.807) is 0 Å². The van der Waals surface area contributed by atoms with E-state index in [2.05, 4.69) is 42.3 Å². The average molecular weight is 357 g/mol. The van der Waals surface area contributed by atoms with Crippen LogP contribution in [-0.4, -0.2) is 53.3 Å². The van der Waals surface area contributed by atoms with Crippen LogP contribution in [0.25, 0.3) is 0 Å². The van der Waals surface area contributed by atoms with Gasteiger partial charge in [-0.15, -0.1) is 0 Å². The second kappa shape index (κ2) is 9.58. The Bertz CT molecular complexity index is 693. The summed E-state index contributed by atoms with van der Waals surface area (Å²) in [5.41, 5.74) is 1.37. The summed E-state index contributed by atoms with van der Waals surface area (Å²) in [5.74, 6) is -2.23. The molecule has 6 heteroatoms. The molecule has 1 fully saturated rings. The van der Waals surface area contributed by atoms with Crippen molar-refractivity contribution in [3.05, 3.63) is 66.2 Å². The van der Waals surface area contributed by atoms with Gasteiger partial charge in [0.05, 0.1) is 0 Å². The normalized spacial score (nSPS) is 19.7. The third-order valence-electron chi connectivity index (χ3n) is 4.19. The first-order chi connectivity index (χ1) is 12.5. The Balaban J connectivity index is 0.000000352. The lowest BCUT2D eigenvalue weighted by atomic mass is 9.88. The van der Waals surface area contributed by atoms with Gasteiger partial charge < -0.3 is 19.8 Å². The molecule has 1 aliphatic rings. The summed E-state index contributed by atoms with van der Waals surface area (Å²) in [7, 11) is 2.19. The first-order valence-electron chi connectivity index (χ1n) is 8.38. The van der Waals surface area contributed by atoms with Crippen LogP contribution in [-0.2, 0) is 9.59 Å². The lowest BCUT2D eigenvalue weighted by Gasteiger charge is -2.37. The summed E-state index contributed by atoms with van der Waals surface area (Å²) >= 11 is 0. The molecule has 2 aromatic rings. The van der Waals surface area contributed by atoms with Crippen molar-refractivity contribution >= 4 is 11.9 Å². The van der Waals surface area contributed by atoms with Gasteiger partial charge in [-0.2, -0.15) is 0 Å². The largest absolute Gasteiger partial charge is 0.490 e. The van der Waals surface area contributed by atoms with Gasteiger partial charge in [0.15, 0.2) is 0 Å². The number of carboxylic acid groups (broad SMARTS) is 2. The molecule has 2 aromatic carbocycles. The third-order valence-corrected chi connectivity index (χ3v) is 4.19. The van der Waals surface area contributed by atoms with Crippen molar-refractivity contribution < 1.29 is 24.5 Å². The molecule has 0 aliphatic carbocycles. The van der Waals surface area contributed by atoms with Gasteiger partial charge in [-0.05, 0) is 31.2 Å². The number of aliphatic carboxylic acids is 2. The van der Waals surface area contributed by atoms with Crippen LogP contribution in [0.1, 0.15) is 17.9 Å². The number of hydrogen-bond acceptors (Lipinski definition) is 4. The molecule has 2 atom stereocenters. The first kappa shape index (κ1) is 19.5. The van der Waals surface area contributed by atoms with E-state index < -0.39 is 11.9 Å². The number of nitrogens with zero attached hydrogens (tertiary/aromatic N) is 1. The minimum absolute atomic E-state index is 0.260. The Hall–Kier alpha value is -2.86. The maximum Gasteiger partial charge on any atom is 0.414 e. The number of hydrogen-bond donors (Lipinski definition) is 2. The van der Waals surface area contributed by atoms with Gasteiger partial charge in [-0.1, -0.05) is 48.5 Å². The minimum atomic E-state index is -1.82. The Morgan fingerprint density at radius 3 is 2.04 bits per heavy atom. The quantitative estimate of drug-likeness (QED) is 0.822. The van der Waals surface area contributed by atoms with E-state index in [1.165, 1.54) is 5.56 Å². The zero-order chi connectivity index (χ0) is 18.9. The highest BCUT2D eigenvalue weighted by Crippen LogP contribution is 2.30. The Kier molecular flexibility index (Phi) is 7.17. The van der Waals surface area contributed by atoms with Crippen molar-refractivity contribution in [2.45, 2.75) is 18.4 Å². The highest BCUT2D eigenvalue weighted by atomic mass is 16.5. The highest BCUT2D eigenvalue weighted by molar-refractivity contribution is 6.27. The standard InChI is InChI=1S/C18H21NO.C2H2O4/c1-19-13-12-18(20-16-10-6-3-7-11-16)17(14-19)15-8-4-2-5-9-15;3-1(4)2(5)6/h2-11,17-18H,12-14H2,1H3;(H,3,4)(H,5,6). The van der Waals surface area contributed by atoms with E-state index in [0.29, 0.717) is 5.92 Å². The summed E-state index contributed by atoms with van der Waals surface area (Å²) in [5, 5.41) is 14.8. The van der Waals surface area contributed by atoms with Crippen LogP contribution in [0.3, 0.4) is 0 Å². The predicted octanol–water partition coefficient (Wildman–Crippen LogP) is 2.71. The van der Waals surface area contributed by atoms with Gasteiger partial charge in [-0.3, -0.25) is 0 Å². The van der Waals surface area contributed by atoms with E-state index in [0.717, 1.165) is 25.3 Å². The van der Waals surface area contributed by atoms with Crippen molar-refractivity contribution in [2.24, 2.45) is 0 Å². The maximum absolute atomic E-state index is 9.10. The molecule has 1 heterocycles. The summed E-state index contributed by atoms with van der Waals surface area (Å²) in [6.07, 6.45) is 1.33. The second-order valence-electron chi connectivity index (χ2n) is 6.15.